The molecule has 0 saturated heterocycles. The third-order valence-electron chi connectivity index (χ3n) is 2.64. The number of alkyl halides is 3. The number of rotatable bonds is 2. The Balaban J connectivity index is 2.61. The van der Waals surface area contributed by atoms with Gasteiger partial charge in [-0.2, -0.15) is 13.2 Å². The van der Waals surface area contributed by atoms with Gasteiger partial charge in [0, 0.05) is 0 Å². The van der Waals surface area contributed by atoms with Crippen molar-refractivity contribution in [2.45, 2.75) is 18.6 Å². The number of methoxy groups -OCH3 is 1. The zero-order valence-corrected chi connectivity index (χ0v) is 9.71. The van der Waals surface area contributed by atoms with E-state index in [4.69, 9.17) is 14.9 Å². The Hall–Kier alpha value is -1.76. The van der Waals surface area contributed by atoms with Crippen molar-refractivity contribution < 1.29 is 22.3 Å². The summed E-state index contributed by atoms with van der Waals surface area (Å²) in [6.45, 7) is 0.810. The Morgan fingerprint density at radius 2 is 2.00 bits per heavy atom. The van der Waals surface area contributed by atoms with Crippen molar-refractivity contribution in [3.05, 3.63) is 24.1 Å². The number of fused-ring (bicyclic) bond motifs is 1. The average molecular weight is 260 g/mol. The number of hydrogen-bond acceptors (Lipinski definition) is 4. The van der Waals surface area contributed by atoms with Gasteiger partial charge in [-0.25, -0.2) is 4.98 Å². The minimum Gasteiger partial charge on any atom is -0.494 e. The van der Waals surface area contributed by atoms with E-state index in [2.05, 4.69) is 4.98 Å². The van der Waals surface area contributed by atoms with Crippen LogP contribution < -0.4 is 10.5 Å². The molecule has 1 aromatic carbocycles. The number of ether oxygens (including phenoxy) is 1. The first kappa shape index (κ1) is 12.7. The number of nitrogens with zero attached hydrogens (tertiary/aromatic N) is 1. The lowest BCUT2D eigenvalue weighted by Gasteiger charge is -2.23. The molecule has 98 valence electrons. The van der Waals surface area contributed by atoms with Crippen LogP contribution in [0.5, 0.6) is 5.75 Å². The van der Waals surface area contributed by atoms with Gasteiger partial charge in [0.15, 0.2) is 16.6 Å². The van der Waals surface area contributed by atoms with Crippen molar-refractivity contribution in [1.29, 1.82) is 0 Å². The van der Waals surface area contributed by atoms with Crippen molar-refractivity contribution in [1.82, 2.24) is 4.98 Å². The van der Waals surface area contributed by atoms with E-state index in [0.29, 0.717) is 5.75 Å². The molecule has 1 aromatic heterocycles. The van der Waals surface area contributed by atoms with Crippen molar-refractivity contribution in [2.24, 2.45) is 5.73 Å². The number of oxazole rings is 1. The molecule has 0 bridgehead atoms. The van der Waals surface area contributed by atoms with E-state index in [1.807, 2.05) is 0 Å². The molecule has 2 aromatic rings. The van der Waals surface area contributed by atoms with Crippen molar-refractivity contribution in [3.63, 3.8) is 0 Å². The van der Waals surface area contributed by atoms with Gasteiger partial charge in [-0.05, 0) is 19.1 Å². The molecule has 0 aliphatic rings. The van der Waals surface area contributed by atoms with Gasteiger partial charge >= 0.3 is 6.18 Å². The summed E-state index contributed by atoms with van der Waals surface area (Å²) in [5, 5.41) is 0. The fraction of sp³-hybridized carbons (Fsp3) is 0.364. The Morgan fingerprint density at radius 3 is 2.56 bits per heavy atom. The molecule has 7 heteroatoms. The Bertz CT molecular complexity index is 575. The van der Waals surface area contributed by atoms with E-state index < -0.39 is 17.6 Å². The maximum absolute atomic E-state index is 12.8. The van der Waals surface area contributed by atoms with Gasteiger partial charge in [0.2, 0.25) is 5.89 Å². The highest BCUT2D eigenvalue weighted by Crippen LogP contribution is 2.38. The normalized spacial score (nSPS) is 15.7. The van der Waals surface area contributed by atoms with Crippen LogP contribution in [0.15, 0.2) is 22.6 Å². The Labute approximate surface area is 101 Å². The lowest BCUT2D eigenvalue weighted by molar-refractivity contribution is -0.189. The molecule has 2 N–H and O–H groups in total. The largest absolute Gasteiger partial charge is 0.494 e. The lowest BCUT2D eigenvalue weighted by Crippen LogP contribution is -2.47. The highest BCUT2D eigenvalue weighted by Gasteiger charge is 2.53. The number of nitrogens with two attached hydrogens (primary N) is 1. The minimum absolute atomic E-state index is 0.199. The van der Waals surface area contributed by atoms with Crippen LogP contribution in [-0.2, 0) is 5.54 Å². The molecule has 0 aliphatic heterocycles. The topological polar surface area (TPSA) is 61.3 Å². The first-order valence-electron chi connectivity index (χ1n) is 5.07. The molecular formula is C11H11F3N2O2. The molecule has 0 saturated carbocycles. The number of aromatic nitrogens is 1. The molecule has 0 amide bonds. The molecule has 2 rings (SSSR count). The van der Waals surface area contributed by atoms with Crippen LogP contribution in [-0.4, -0.2) is 18.3 Å². The highest BCUT2D eigenvalue weighted by molar-refractivity contribution is 5.79. The summed E-state index contributed by atoms with van der Waals surface area (Å²) in [5.74, 6) is -0.255. The van der Waals surface area contributed by atoms with E-state index in [0.717, 1.165) is 6.92 Å². The van der Waals surface area contributed by atoms with Crippen LogP contribution in [0.1, 0.15) is 12.8 Å². The van der Waals surface area contributed by atoms with Crippen LogP contribution in [0.2, 0.25) is 0 Å². The SMILES string of the molecule is COc1cccc2oc(C(C)(N)C(F)(F)F)nc12. The van der Waals surface area contributed by atoms with Gasteiger partial charge in [-0.15, -0.1) is 0 Å². The van der Waals surface area contributed by atoms with Gasteiger partial charge in [0.25, 0.3) is 0 Å². The predicted molar refractivity (Wildman–Crippen MR) is 58.2 cm³/mol. The maximum atomic E-state index is 12.8. The molecule has 1 unspecified atom stereocenters. The van der Waals surface area contributed by atoms with Crippen molar-refractivity contribution in [2.75, 3.05) is 7.11 Å². The minimum atomic E-state index is -4.65. The average Bonchev–Trinajstić information content (AvgIpc) is 2.71. The second-order valence-corrected chi connectivity index (χ2v) is 4.03. The molecule has 18 heavy (non-hydrogen) atoms. The van der Waals surface area contributed by atoms with E-state index >= 15 is 0 Å². The molecule has 4 nitrogen and oxygen atoms in total. The second kappa shape index (κ2) is 3.88. The fourth-order valence-electron chi connectivity index (χ4n) is 1.43. The third kappa shape index (κ3) is 1.80. The maximum Gasteiger partial charge on any atom is 0.415 e. The zero-order chi connectivity index (χ0) is 13.6. The summed E-state index contributed by atoms with van der Waals surface area (Å²) in [7, 11) is 1.40. The van der Waals surface area contributed by atoms with Gasteiger partial charge in [0.05, 0.1) is 7.11 Å². The summed E-state index contributed by atoms with van der Waals surface area (Å²) in [5.41, 5.74) is 3.02. The molecule has 0 aliphatic carbocycles. The van der Waals surface area contributed by atoms with Crippen LogP contribution in [0, 0.1) is 0 Å². The first-order valence-corrected chi connectivity index (χ1v) is 5.07. The number of para-hydroxylation sites is 1. The van der Waals surface area contributed by atoms with E-state index in [1.165, 1.54) is 13.2 Å². The van der Waals surface area contributed by atoms with Gasteiger partial charge in [-0.3, -0.25) is 0 Å². The standard InChI is InChI=1S/C11H11F3N2O2/c1-10(15,11(12,13)14)9-16-8-6(17-2)4-3-5-7(8)18-9/h3-5H,15H2,1-2H3. The van der Waals surface area contributed by atoms with E-state index in [9.17, 15) is 13.2 Å². The summed E-state index contributed by atoms with van der Waals surface area (Å²) < 4.78 is 48.4. The van der Waals surface area contributed by atoms with Gasteiger partial charge in [-0.1, -0.05) is 6.07 Å². The molecular weight excluding hydrogens is 249 g/mol. The summed E-state index contributed by atoms with van der Waals surface area (Å²) >= 11 is 0. The number of halogens is 3. The van der Waals surface area contributed by atoms with Crippen LogP contribution in [0.4, 0.5) is 13.2 Å². The van der Waals surface area contributed by atoms with E-state index in [1.54, 1.807) is 12.1 Å². The summed E-state index contributed by atoms with van der Waals surface area (Å²) in [6, 6.07) is 4.68. The number of benzene rings is 1. The number of hydrogen-bond donors (Lipinski definition) is 1. The fourth-order valence-corrected chi connectivity index (χ4v) is 1.43. The van der Waals surface area contributed by atoms with Crippen LogP contribution in [0.25, 0.3) is 11.1 Å². The van der Waals surface area contributed by atoms with Gasteiger partial charge < -0.3 is 14.9 Å². The summed E-state index contributed by atoms with van der Waals surface area (Å²) in [4.78, 5) is 3.78. The van der Waals surface area contributed by atoms with Crippen LogP contribution in [0.3, 0.4) is 0 Å². The Kier molecular flexibility index (Phi) is 2.73. The molecule has 1 atom stereocenters. The second-order valence-electron chi connectivity index (χ2n) is 4.03. The molecule has 1 heterocycles. The first-order chi connectivity index (χ1) is 8.27. The molecule has 0 radical (unpaired) electrons. The quantitative estimate of drug-likeness (QED) is 0.901. The van der Waals surface area contributed by atoms with E-state index in [-0.39, 0.29) is 11.1 Å². The monoisotopic (exact) mass is 260 g/mol. The van der Waals surface area contributed by atoms with Crippen molar-refractivity contribution in [3.8, 4) is 5.75 Å². The molecule has 0 fully saturated rings. The van der Waals surface area contributed by atoms with Crippen molar-refractivity contribution >= 4 is 11.1 Å². The molecule has 0 spiro atoms. The highest BCUT2D eigenvalue weighted by atomic mass is 19.4. The van der Waals surface area contributed by atoms with Crippen LogP contribution >= 0.6 is 0 Å². The Morgan fingerprint density at radius 1 is 1.33 bits per heavy atom. The smallest absolute Gasteiger partial charge is 0.415 e. The summed E-state index contributed by atoms with van der Waals surface area (Å²) in [6.07, 6.45) is -4.65. The predicted octanol–water partition coefficient (Wildman–Crippen LogP) is 2.57. The lowest BCUT2D eigenvalue weighted by atomic mass is 10.0. The third-order valence-corrected chi connectivity index (χ3v) is 2.64. The zero-order valence-electron chi connectivity index (χ0n) is 9.71. The van der Waals surface area contributed by atoms with Gasteiger partial charge in [0.1, 0.15) is 5.75 Å².